The van der Waals surface area contributed by atoms with Crippen molar-refractivity contribution < 1.29 is 17.8 Å². The van der Waals surface area contributed by atoms with E-state index in [1.165, 1.54) is 23.0 Å². The first kappa shape index (κ1) is 28.7. The number of urea groups is 1. The van der Waals surface area contributed by atoms with Gasteiger partial charge in [-0.1, -0.05) is 77.0 Å². The Bertz CT molecular complexity index is 1620. The average molecular weight is 621 g/mol. The van der Waals surface area contributed by atoms with Crippen LogP contribution in [0.3, 0.4) is 0 Å². The van der Waals surface area contributed by atoms with Gasteiger partial charge in [0.05, 0.1) is 20.3 Å². The van der Waals surface area contributed by atoms with E-state index < -0.39 is 15.0 Å². The molecule has 3 aromatic carbocycles. The van der Waals surface area contributed by atoms with E-state index in [4.69, 9.17) is 23.2 Å². The molecule has 5 rings (SSSR count). The molecule has 0 saturated carbocycles. The second kappa shape index (κ2) is 12.4. The Morgan fingerprint density at radius 2 is 1.73 bits per heavy atom. The van der Waals surface area contributed by atoms with E-state index in [2.05, 4.69) is 49.7 Å². The number of thiazole rings is 1. The number of aromatic nitrogens is 1. The number of benzene rings is 3. The number of halogens is 2. The lowest BCUT2D eigenvalue weighted by Crippen LogP contribution is -2.48. The summed E-state index contributed by atoms with van der Waals surface area (Å²) in [6, 6.07) is 18.3. The van der Waals surface area contributed by atoms with E-state index in [9.17, 15) is 17.8 Å². The van der Waals surface area contributed by atoms with Gasteiger partial charge in [-0.25, -0.2) is 9.78 Å². The number of amides is 2. The van der Waals surface area contributed by atoms with Crippen LogP contribution in [0.5, 0.6) is 0 Å². The molecule has 3 N–H and O–H groups in total. The number of hydrogen-bond acceptors (Lipinski definition) is 7. The van der Waals surface area contributed by atoms with Crippen LogP contribution in [0, 0.1) is 0 Å². The molecule has 0 bridgehead atoms. The van der Waals surface area contributed by atoms with E-state index in [-0.39, 0.29) is 16.1 Å². The third-order valence-electron chi connectivity index (χ3n) is 6.65. The summed E-state index contributed by atoms with van der Waals surface area (Å²) in [7, 11) is -4.61. The standard InChI is InChI=1S/C27H27Cl2N5O4S2/c28-21-8-7-20(24(29)25(21)40(36,37)38)19-6-9-22-23(16-19)39-27(31-22)32-26(35)30-10-11-33-12-14-34(15-13-33)17-18-4-2-1-3-5-18/h1-9,16H,10-15,17H2,(H,36,37,38)(H2,30,31,32,35). The number of nitrogens with zero attached hydrogens (tertiary/aromatic N) is 3. The lowest BCUT2D eigenvalue weighted by Gasteiger charge is -2.34. The van der Waals surface area contributed by atoms with Crippen LogP contribution in [0.4, 0.5) is 9.93 Å². The molecular weight excluding hydrogens is 593 g/mol. The highest BCUT2D eigenvalue weighted by atomic mass is 35.5. The smallest absolute Gasteiger partial charge is 0.321 e. The monoisotopic (exact) mass is 619 g/mol. The summed E-state index contributed by atoms with van der Waals surface area (Å²) >= 11 is 13.5. The number of hydrogen-bond donors (Lipinski definition) is 3. The van der Waals surface area contributed by atoms with E-state index in [1.807, 2.05) is 6.07 Å². The van der Waals surface area contributed by atoms with Gasteiger partial charge in [0, 0.05) is 51.4 Å². The molecule has 0 spiro atoms. The topological polar surface area (TPSA) is 115 Å². The Labute approximate surface area is 246 Å². The van der Waals surface area contributed by atoms with Crippen molar-refractivity contribution in [3.8, 4) is 11.1 Å². The number of anilines is 1. The molecule has 40 heavy (non-hydrogen) atoms. The zero-order valence-corrected chi connectivity index (χ0v) is 24.5. The average Bonchev–Trinajstić information content (AvgIpc) is 3.31. The first-order valence-corrected chi connectivity index (χ1v) is 15.6. The van der Waals surface area contributed by atoms with Crippen molar-refractivity contribution in [1.29, 1.82) is 0 Å². The van der Waals surface area contributed by atoms with Crippen molar-refractivity contribution >= 4 is 66.0 Å². The zero-order valence-electron chi connectivity index (χ0n) is 21.3. The maximum absolute atomic E-state index is 12.5. The minimum absolute atomic E-state index is 0.169. The van der Waals surface area contributed by atoms with Gasteiger partial charge < -0.3 is 5.32 Å². The van der Waals surface area contributed by atoms with Gasteiger partial charge >= 0.3 is 6.03 Å². The molecular formula is C27H27Cl2N5O4S2. The molecule has 0 radical (unpaired) electrons. The Hall–Kier alpha value is -2.77. The third kappa shape index (κ3) is 6.92. The van der Waals surface area contributed by atoms with Gasteiger partial charge in [0.15, 0.2) is 5.13 Å². The molecule has 210 valence electrons. The lowest BCUT2D eigenvalue weighted by molar-refractivity contribution is 0.128. The number of carbonyl (C=O) groups is 1. The molecule has 1 aromatic heterocycles. The Morgan fingerprint density at radius 3 is 2.45 bits per heavy atom. The van der Waals surface area contributed by atoms with Crippen LogP contribution in [0.1, 0.15) is 5.56 Å². The molecule has 1 fully saturated rings. The van der Waals surface area contributed by atoms with Crippen LogP contribution >= 0.6 is 34.5 Å². The fraction of sp³-hybridized carbons (Fsp3) is 0.259. The summed E-state index contributed by atoms with van der Waals surface area (Å²) in [6.45, 7) is 6.14. The first-order valence-electron chi connectivity index (χ1n) is 12.6. The SMILES string of the molecule is O=C(NCCN1CCN(Cc2ccccc2)CC1)Nc1nc2ccc(-c3ccc(Cl)c(S(=O)(=O)O)c3Cl)cc2s1. The van der Waals surface area contributed by atoms with Crippen molar-refractivity contribution in [3.63, 3.8) is 0 Å². The first-order chi connectivity index (χ1) is 19.2. The predicted molar refractivity (Wildman–Crippen MR) is 160 cm³/mol. The highest BCUT2D eigenvalue weighted by molar-refractivity contribution is 7.86. The van der Waals surface area contributed by atoms with Gasteiger partial charge in [-0.3, -0.25) is 19.7 Å². The third-order valence-corrected chi connectivity index (χ3v) is 9.46. The zero-order chi connectivity index (χ0) is 28.3. The van der Waals surface area contributed by atoms with E-state index in [1.54, 1.807) is 24.3 Å². The molecule has 0 unspecified atom stereocenters. The summed E-state index contributed by atoms with van der Waals surface area (Å²) in [5, 5.41) is 5.77. The Balaban J connectivity index is 1.14. The van der Waals surface area contributed by atoms with Gasteiger partial charge in [0.25, 0.3) is 10.1 Å². The lowest BCUT2D eigenvalue weighted by atomic mass is 10.1. The molecule has 1 aliphatic heterocycles. The normalized spacial score (nSPS) is 14.9. The summed E-state index contributed by atoms with van der Waals surface area (Å²) in [4.78, 5) is 21.2. The quantitative estimate of drug-likeness (QED) is 0.224. The molecule has 1 aliphatic rings. The molecule has 0 atom stereocenters. The van der Waals surface area contributed by atoms with Crippen molar-refractivity contribution in [2.24, 2.45) is 0 Å². The summed E-state index contributed by atoms with van der Waals surface area (Å²) in [6.07, 6.45) is 0. The minimum atomic E-state index is -4.61. The van der Waals surface area contributed by atoms with Gasteiger partial charge in [-0.15, -0.1) is 0 Å². The van der Waals surface area contributed by atoms with Gasteiger partial charge in [-0.2, -0.15) is 8.42 Å². The highest BCUT2D eigenvalue weighted by Gasteiger charge is 2.23. The molecule has 2 heterocycles. The second-order valence-electron chi connectivity index (χ2n) is 9.40. The Kier molecular flexibility index (Phi) is 8.91. The number of rotatable bonds is 8. The molecule has 0 aliphatic carbocycles. The minimum Gasteiger partial charge on any atom is -0.337 e. The molecule has 13 heteroatoms. The van der Waals surface area contributed by atoms with Crippen LogP contribution in [0.25, 0.3) is 21.3 Å². The predicted octanol–water partition coefficient (Wildman–Crippen LogP) is 5.46. The highest BCUT2D eigenvalue weighted by Crippen LogP contribution is 2.39. The summed E-state index contributed by atoms with van der Waals surface area (Å²) in [5.41, 5.74) is 2.99. The van der Waals surface area contributed by atoms with Gasteiger partial charge in [-0.05, 0) is 29.3 Å². The number of piperazine rings is 1. The van der Waals surface area contributed by atoms with E-state index in [0.717, 1.165) is 44.0 Å². The van der Waals surface area contributed by atoms with E-state index >= 15 is 0 Å². The van der Waals surface area contributed by atoms with Crippen LogP contribution < -0.4 is 10.6 Å². The number of nitrogens with one attached hydrogen (secondary N) is 2. The van der Waals surface area contributed by atoms with Crippen molar-refractivity contribution in [2.45, 2.75) is 11.4 Å². The molecule has 2 amide bonds. The van der Waals surface area contributed by atoms with Crippen molar-refractivity contribution in [3.05, 3.63) is 76.3 Å². The molecule has 4 aromatic rings. The van der Waals surface area contributed by atoms with Crippen molar-refractivity contribution in [1.82, 2.24) is 20.1 Å². The summed E-state index contributed by atoms with van der Waals surface area (Å²) < 4.78 is 33.8. The van der Waals surface area contributed by atoms with Gasteiger partial charge in [0.2, 0.25) is 0 Å². The van der Waals surface area contributed by atoms with Crippen LogP contribution in [-0.2, 0) is 16.7 Å². The maximum Gasteiger partial charge on any atom is 0.321 e. The van der Waals surface area contributed by atoms with Gasteiger partial charge in [0.1, 0.15) is 4.90 Å². The molecule has 1 saturated heterocycles. The van der Waals surface area contributed by atoms with Crippen LogP contribution in [0.15, 0.2) is 65.6 Å². The molecule has 9 nitrogen and oxygen atoms in total. The second-order valence-corrected chi connectivity index (χ2v) is 12.6. The van der Waals surface area contributed by atoms with Crippen LogP contribution in [-0.4, -0.2) is 73.1 Å². The number of carbonyl (C=O) groups excluding carboxylic acids is 1. The number of fused-ring (bicyclic) bond motifs is 1. The Morgan fingerprint density at radius 1 is 1.00 bits per heavy atom. The van der Waals surface area contributed by atoms with Crippen LogP contribution in [0.2, 0.25) is 10.0 Å². The fourth-order valence-corrected chi connectivity index (χ4v) is 7.23. The maximum atomic E-state index is 12.5. The fourth-order valence-electron chi connectivity index (χ4n) is 4.62. The van der Waals surface area contributed by atoms with E-state index in [0.29, 0.717) is 28.3 Å². The van der Waals surface area contributed by atoms with Crippen molar-refractivity contribution in [2.75, 3.05) is 44.6 Å². The summed E-state index contributed by atoms with van der Waals surface area (Å²) in [5.74, 6) is 0. The largest absolute Gasteiger partial charge is 0.337 e.